The van der Waals surface area contributed by atoms with Crippen LogP contribution in [0.2, 0.25) is 0 Å². The lowest BCUT2D eigenvalue weighted by atomic mass is 9.88. The number of nitrogens with zero attached hydrogens (tertiary/aromatic N) is 1. The van der Waals surface area contributed by atoms with E-state index in [1.165, 1.54) is 41.0 Å². The van der Waals surface area contributed by atoms with E-state index < -0.39 is 23.5 Å². The van der Waals surface area contributed by atoms with Crippen molar-refractivity contribution in [1.29, 1.82) is 0 Å². The highest BCUT2D eigenvalue weighted by Crippen LogP contribution is 2.40. The number of carbonyl (C=O) groups is 2. The number of aliphatic hydroxyl groups is 1. The normalized spacial score (nSPS) is 19.9. The Morgan fingerprint density at radius 3 is 2.50 bits per heavy atom. The zero-order chi connectivity index (χ0) is 22.2. The van der Waals surface area contributed by atoms with Gasteiger partial charge in [0.25, 0.3) is 11.7 Å². The van der Waals surface area contributed by atoms with E-state index >= 15 is 0 Å². The molecule has 6 heteroatoms. The summed E-state index contributed by atoms with van der Waals surface area (Å²) in [5.41, 5.74) is 3.46. The quantitative estimate of drug-likeness (QED) is 0.362. The van der Waals surface area contributed by atoms with Crippen molar-refractivity contribution >= 4 is 17.4 Å². The summed E-state index contributed by atoms with van der Waals surface area (Å²) >= 11 is 0. The number of likely N-dealkylation sites (tertiary alicyclic amines) is 1. The molecule has 2 aliphatic rings. The lowest BCUT2D eigenvalue weighted by molar-refractivity contribution is -0.140. The minimum atomic E-state index is -0.850. The predicted octanol–water partition coefficient (Wildman–Crippen LogP) is 4.92. The Bertz CT molecular complexity index is 1210. The van der Waals surface area contributed by atoms with Crippen LogP contribution in [0.4, 0.5) is 4.39 Å². The van der Waals surface area contributed by atoms with Gasteiger partial charge in [-0.15, -0.1) is 0 Å². The zero-order valence-corrected chi connectivity index (χ0v) is 17.4. The highest BCUT2D eigenvalue weighted by atomic mass is 19.1. The number of Topliss-reactive ketones (excluding diaryl/α,β-unsaturated/α-hetero) is 1. The standard InChI is InChI=1S/C26H22FNO4/c27-20-11-9-17(10-12-20)23-22(25(30)26(31)28(23)15-21-6-3-13-32-21)24(29)19-8-7-16-4-1-2-5-18(16)14-19/h3,6-14,23,29H,1-2,4-5,15H2/b24-22-. The number of halogens is 1. The van der Waals surface area contributed by atoms with Gasteiger partial charge in [-0.1, -0.05) is 24.3 Å². The molecule has 162 valence electrons. The molecule has 1 unspecified atom stereocenters. The number of benzene rings is 2. The Morgan fingerprint density at radius 2 is 1.78 bits per heavy atom. The Kier molecular flexibility index (Phi) is 5.13. The van der Waals surface area contributed by atoms with Gasteiger partial charge in [0.1, 0.15) is 17.3 Å². The second-order valence-corrected chi connectivity index (χ2v) is 8.25. The van der Waals surface area contributed by atoms with Crippen LogP contribution in [0.1, 0.15) is 46.9 Å². The first-order valence-corrected chi connectivity index (χ1v) is 10.7. The molecule has 0 radical (unpaired) electrons. The molecule has 5 nitrogen and oxygen atoms in total. The van der Waals surface area contributed by atoms with Gasteiger partial charge in [0.15, 0.2) is 0 Å². The van der Waals surface area contributed by atoms with Crippen LogP contribution in [0.15, 0.2) is 70.9 Å². The van der Waals surface area contributed by atoms with E-state index in [4.69, 9.17) is 4.42 Å². The van der Waals surface area contributed by atoms with Gasteiger partial charge in [-0.25, -0.2) is 4.39 Å². The summed E-state index contributed by atoms with van der Waals surface area (Å²) in [6.45, 7) is 0.0561. The van der Waals surface area contributed by atoms with Crippen molar-refractivity contribution in [1.82, 2.24) is 4.90 Å². The maximum Gasteiger partial charge on any atom is 0.296 e. The van der Waals surface area contributed by atoms with Crippen molar-refractivity contribution in [3.05, 3.63) is 100 Å². The number of hydrogen-bond donors (Lipinski definition) is 1. The molecule has 1 fully saturated rings. The number of hydrogen-bond acceptors (Lipinski definition) is 4. The largest absolute Gasteiger partial charge is 0.507 e. The van der Waals surface area contributed by atoms with Crippen LogP contribution in [0.5, 0.6) is 0 Å². The summed E-state index contributed by atoms with van der Waals surface area (Å²) in [6.07, 6.45) is 5.64. The molecule has 1 amide bonds. The number of fused-ring (bicyclic) bond motifs is 1. The van der Waals surface area contributed by atoms with Gasteiger partial charge in [0.05, 0.1) is 24.4 Å². The summed E-state index contributed by atoms with van der Waals surface area (Å²) in [7, 11) is 0. The van der Waals surface area contributed by atoms with Crippen LogP contribution in [-0.4, -0.2) is 21.7 Å². The number of furan rings is 1. The molecule has 1 atom stereocenters. The molecule has 1 N–H and O–H groups in total. The third kappa shape index (κ3) is 3.51. The van der Waals surface area contributed by atoms with Crippen LogP contribution in [0.25, 0.3) is 5.76 Å². The summed E-state index contributed by atoms with van der Waals surface area (Å²) < 4.78 is 19.0. The first-order chi connectivity index (χ1) is 15.5. The van der Waals surface area contributed by atoms with E-state index in [1.54, 1.807) is 18.2 Å². The number of rotatable bonds is 4. The van der Waals surface area contributed by atoms with Crippen molar-refractivity contribution in [2.45, 2.75) is 38.3 Å². The van der Waals surface area contributed by atoms with Crippen LogP contribution < -0.4 is 0 Å². The van der Waals surface area contributed by atoms with Crippen molar-refractivity contribution in [3.8, 4) is 0 Å². The van der Waals surface area contributed by atoms with Crippen LogP contribution in [0.3, 0.4) is 0 Å². The van der Waals surface area contributed by atoms with Crippen molar-refractivity contribution in [2.24, 2.45) is 0 Å². The minimum absolute atomic E-state index is 0.00363. The first kappa shape index (κ1) is 20.2. The van der Waals surface area contributed by atoms with Gasteiger partial charge >= 0.3 is 0 Å². The minimum Gasteiger partial charge on any atom is -0.507 e. The molecule has 3 aromatic rings. The molecular formula is C26H22FNO4. The topological polar surface area (TPSA) is 70.8 Å². The van der Waals surface area contributed by atoms with Gasteiger partial charge in [0, 0.05) is 5.56 Å². The lowest BCUT2D eigenvalue weighted by Gasteiger charge is -2.24. The van der Waals surface area contributed by atoms with E-state index in [0.717, 1.165) is 31.2 Å². The smallest absolute Gasteiger partial charge is 0.296 e. The molecule has 0 bridgehead atoms. The Hall–Kier alpha value is -3.67. The van der Waals surface area contributed by atoms with E-state index in [-0.39, 0.29) is 17.9 Å². The second kappa shape index (κ2) is 8.11. The maximum atomic E-state index is 13.6. The number of ketones is 1. The molecule has 1 aliphatic carbocycles. The molecule has 1 saturated heterocycles. The Labute approximate surface area is 184 Å². The second-order valence-electron chi connectivity index (χ2n) is 8.25. The summed E-state index contributed by atoms with van der Waals surface area (Å²) in [5.74, 6) is -1.62. The summed E-state index contributed by atoms with van der Waals surface area (Å²) in [4.78, 5) is 27.4. The molecule has 0 saturated carbocycles. The fourth-order valence-corrected chi connectivity index (χ4v) is 4.64. The van der Waals surface area contributed by atoms with Crippen molar-refractivity contribution < 1.29 is 23.5 Å². The van der Waals surface area contributed by atoms with Crippen molar-refractivity contribution in [2.75, 3.05) is 0 Å². The summed E-state index contributed by atoms with van der Waals surface area (Å²) in [6, 6.07) is 13.9. The van der Waals surface area contributed by atoms with Gasteiger partial charge in [0.2, 0.25) is 0 Å². The van der Waals surface area contributed by atoms with Gasteiger partial charge in [-0.3, -0.25) is 9.59 Å². The Balaban J connectivity index is 1.63. The summed E-state index contributed by atoms with van der Waals surface area (Å²) in [5, 5.41) is 11.2. The fraction of sp³-hybridized carbons (Fsp3) is 0.231. The molecule has 2 aromatic carbocycles. The van der Waals surface area contributed by atoms with Gasteiger partial charge < -0.3 is 14.4 Å². The van der Waals surface area contributed by atoms with Crippen LogP contribution in [-0.2, 0) is 29.0 Å². The number of aliphatic hydroxyl groups excluding tert-OH is 1. The third-order valence-electron chi connectivity index (χ3n) is 6.25. The Morgan fingerprint density at radius 1 is 1.03 bits per heavy atom. The molecule has 5 rings (SSSR count). The SMILES string of the molecule is O=C1C(=O)N(Cc2ccco2)C(c2ccc(F)cc2)/C1=C(/O)c1ccc2c(c1)CCCC2. The average Bonchev–Trinajstić information content (AvgIpc) is 3.41. The number of carbonyl (C=O) groups excluding carboxylic acids is 2. The lowest BCUT2D eigenvalue weighted by Crippen LogP contribution is -2.29. The number of amides is 1. The number of aryl methyl sites for hydroxylation is 2. The predicted molar refractivity (Wildman–Crippen MR) is 116 cm³/mol. The fourth-order valence-electron chi connectivity index (χ4n) is 4.64. The zero-order valence-electron chi connectivity index (χ0n) is 17.4. The van der Waals surface area contributed by atoms with Gasteiger partial charge in [-0.2, -0.15) is 0 Å². The van der Waals surface area contributed by atoms with E-state index in [9.17, 15) is 19.1 Å². The maximum absolute atomic E-state index is 13.6. The van der Waals surface area contributed by atoms with Crippen LogP contribution >= 0.6 is 0 Å². The highest BCUT2D eigenvalue weighted by Gasteiger charge is 2.46. The van der Waals surface area contributed by atoms with Crippen molar-refractivity contribution in [3.63, 3.8) is 0 Å². The van der Waals surface area contributed by atoms with Crippen LogP contribution in [0, 0.1) is 5.82 Å². The monoisotopic (exact) mass is 431 g/mol. The highest BCUT2D eigenvalue weighted by molar-refractivity contribution is 6.46. The average molecular weight is 431 g/mol. The van der Waals surface area contributed by atoms with Gasteiger partial charge in [-0.05, 0) is 72.7 Å². The molecule has 2 heterocycles. The molecule has 1 aliphatic heterocycles. The molecule has 1 aromatic heterocycles. The molecule has 32 heavy (non-hydrogen) atoms. The third-order valence-corrected chi connectivity index (χ3v) is 6.25. The van der Waals surface area contributed by atoms with E-state index in [0.29, 0.717) is 16.9 Å². The van der Waals surface area contributed by atoms with E-state index in [2.05, 4.69) is 0 Å². The van der Waals surface area contributed by atoms with E-state index in [1.807, 2.05) is 12.1 Å². The molecular weight excluding hydrogens is 409 g/mol. The molecule has 0 spiro atoms. The first-order valence-electron chi connectivity index (χ1n) is 10.7.